The molecule has 1 saturated heterocycles. The second kappa shape index (κ2) is 3.83. The maximum Gasteiger partial charge on any atom is 0.119 e. The molecule has 0 spiro atoms. The molecule has 0 unspecified atom stereocenters. The fraction of sp³-hybridized carbons (Fsp3) is 0.500. The predicted octanol–water partition coefficient (Wildman–Crippen LogP) is 1.26. The van der Waals surface area contributed by atoms with Crippen molar-refractivity contribution in [2.24, 2.45) is 0 Å². The van der Waals surface area contributed by atoms with E-state index in [4.69, 9.17) is 4.74 Å². The minimum absolute atomic E-state index is 0.487. The van der Waals surface area contributed by atoms with E-state index in [1.165, 1.54) is 5.56 Å². The minimum atomic E-state index is -0.487. The molecule has 3 nitrogen and oxygen atoms in total. The van der Waals surface area contributed by atoms with Gasteiger partial charge in [0.05, 0.1) is 12.7 Å². The summed E-state index contributed by atoms with van der Waals surface area (Å²) >= 11 is 0. The molecule has 0 saturated carbocycles. The number of hydrogen-bond acceptors (Lipinski definition) is 3. The highest BCUT2D eigenvalue weighted by Crippen LogP contribution is 2.23. The fourth-order valence-corrected chi connectivity index (χ4v) is 2.06. The Kier molecular flexibility index (Phi) is 2.67. The molecule has 1 aromatic rings. The summed E-state index contributed by atoms with van der Waals surface area (Å²) in [7, 11) is 1.67. The number of benzene rings is 1. The van der Waals surface area contributed by atoms with Gasteiger partial charge in [-0.25, -0.2) is 0 Å². The fourth-order valence-electron chi connectivity index (χ4n) is 2.06. The van der Waals surface area contributed by atoms with Gasteiger partial charge >= 0.3 is 0 Å². The molecule has 15 heavy (non-hydrogen) atoms. The SMILES string of the molecule is COc1cccc(CN2CC(C)(O)C2)c1. The molecule has 0 radical (unpaired) electrons. The van der Waals surface area contributed by atoms with Crippen molar-refractivity contribution in [3.05, 3.63) is 29.8 Å². The molecule has 1 aliphatic rings. The first-order valence-corrected chi connectivity index (χ1v) is 5.17. The molecule has 2 rings (SSSR count). The largest absolute Gasteiger partial charge is 0.497 e. The number of ether oxygens (including phenoxy) is 1. The Hall–Kier alpha value is -1.06. The topological polar surface area (TPSA) is 32.7 Å². The van der Waals surface area contributed by atoms with Crippen LogP contribution in [0.3, 0.4) is 0 Å². The number of likely N-dealkylation sites (tertiary alicyclic amines) is 1. The summed E-state index contributed by atoms with van der Waals surface area (Å²) in [6, 6.07) is 8.05. The van der Waals surface area contributed by atoms with Crippen LogP contribution in [-0.2, 0) is 6.54 Å². The van der Waals surface area contributed by atoms with Crippen molar-refractivity contribution in [1.29, 1.82) is 0 Å². The van der Waals surface area contributed by atoms with E-state index >= 15 is 0 Å². The summed E-state index contributed by atoms with van der Waals surface area (Å²) in [4.78, 5) is 2.22. The van der Waals surface area contributed by atoms with Crippen LogP contribution in [0, 0.1) is 0 Å². The third-order valence-corrected chi connectivity index (χ3v) is 2.67. The molecule has 0 aromatic heterocycles. The van der Waals surface area contributed by atoms with E-state index < -0.39 is 5.60 Å². The van der Waals surface area contributed by atoms with Crippen LogP contribution in [0.2, 0.25) is 0 Å². The van der Waals surface area contributed by atoms with Gasteiger partial charge in [0.25, 0.3) is 0 Å². The second-order valence-corrected chi connectivity index (χ2v) is 4.49. The first-order valence-electron chi connectivity index (χ1n) is 5.17. The summed E-state index contributed by atoms with van der Waals surface area (Å²) in [5.74, 6) is 0.889. The van der Waals surface area contributed by atoms with Crippen molar-refractivity contribution < 1.29 is 9.84 Å². The van der Waals surface area contributed by atoms with E-state index in [2.05, 4.69) is 11.0 Å². The maximum absolute atomic E-state index is 9.60. The molecule has 0 aliphatic carbocycles. The lowest BCUT2D eigenvalue weighted by molar-refractivity contribution is -0.0871. The number of β-amino-alcohol motifs (C(OH)–C–C–N with tert-alkyl or cyclic N) is 1. The molecule has 3 heteroatoms. The minimum Gasteiger partial charge on any atom is -0.497 e. The molecule has 0 amide bonds. The number of aliphatic hydroxyl groups is 1. The summed E-state index contributed by atoms with van der Waals surface area (Å²) < 4.78 is 5.16. The number of methoxy groups -OCH3 is 1. The molecule has 1 aliphatic heterocycles. The highest BCUT2D eigenvalue weighted by Gasteiger charge is 2.35. The van der Waals surface area contributed by atoms with Gasteiger partial charge in [0, 0.05) is 19.6 Å². The van der Waals surface area contributed by atoms with E-state index in [9.17, 15) is 5.11 Å². The molecule has 1 N–H and O–H groups in total. The third-order valence-electron chi connectivity index (χ3n) is 2.67. The Balaban J connectivity index is 1.94. The zero-order valence-electron chi connectivity index (χ0n) is 9.23. The van der Waals surface area contributed by atoms with Gasteiger partial charge in [0.15, 0.2) is 0 Å². The summed E-state index contributed by atoms with van der Waals surface area (Å²) in [6.07, 6.45) is 0. The summed E-state index contributed by atoms with van der Waals surface area (Å²) in [6.45, 7) is 4.26. The van der Waals surface area contributed by atoms with Crippen LogP contribution < -0.4 is 4.74 Å². The van der Waals surface area contributed by atoms with Crippen molar-refractivity contribution in [2.45, 2.75) is 19.1 Å². The van der Waals surface area contributed by atoms with Crippen LogP contribution in [0.25, 0.3) is 0 Å². The molecular formula is C12H17NO2. The van der Waals surface area contributed by atoms with Gasteiger partial charge < -0.3 is 9.84 Å². The van der Waals surface area contributed by atoms with Crippen molar-refractivity contribution in [2.75, 3.05) is 20.2 Å². The highest BCUT2D eigenvalue weighted by atomic mass is 16.5. The Morgan fingerprint density at radius 1 is 1.47 bits per heavy atom. The zero-order valence-corrected chi connectivity index (χ0v) is 9.23. The quantitative estimate of drug-likeness (QED) is 0.810. The van der Waals surface area contributed by atoms with E-state index in [1.54, 1.807) is 7.11 Å². The van der Waals surface area contributed by atoms with E-state index in [-0.39, 0.29) is 0 Å². The highest BCUT2D eigenvalue weighted by molar-refractivity contribution is 5.28. The molecule has 1 aromatic carbocycles. The molecule has 82 valence electrons. The number of hydrogen-bond donors (Lipinski definition) is 1. The van der Waals surface area contributed by atoms with Crippen LogP contribution in [0.5, 0.6) is 5.75 Å². The standard InChI is InChI=1S/C12H17NO2/c1-12(14)8-13(9-12)7-10-4-3-5-11(6-10)15-2/h3-6,14H,7-9H2,1-2H3. The van der Waals surface area contributed by atoms with Gasteiger partial charge in [-0.15, -0.1) is 0 Å². The molecule has 1 fully saturated rings. The Morgan fingerprint density at radius 3 is 2.80 bits per heavy atom. The van der Waals surface area contributed by atoms with Gasteiger partial charge in [0.1, 0.15) is 5.75 Å². The van der Waals surface area contributed by atoms with Gasteiger partial charge in [-0.1, -0.05) is 12.1 Å². The summed E-state index contributed by atoms with van der Waals surface area (Å²) in [5.41, 5.74) is 0.739. The van der Waals surface area contributed by atoms with Crippen molar-refractivity contribution >= 4 is 0 Å². The van der Waals surface area contributed by atoms with Crippen LogP contribution in [0.4, 0.5) is 0 Å². The van der Waals surface area contributed by atoms with Crippen molar-refractivity contribution in [3.63, 3.8) is 0 Å². The monoisotopic (exact) mass is 207 g/mol. The second-order valence-electron chi connectivity index (χ2n) is 4.49. The number of rotatable bonds is 3. The van der Waals surface area contributed by atoms with Gasteiger partial charge in [-0.2, -0.15) is 0 Å². The lowest BCUT2D eigenvalue weighted by Crippen LogP contribution is -2.59. The molecular weight excluding hydrogens is 190 g/mol. The Morgan fingerprint density at radius 2 is 2.20 bits per heavy atom. The van der Waals surface area contributed by atoms with Gasteiger partial charge in [-0.05, 0) is 24.6 Å². The van der Waals surface area contributed by atoms with Crippen LogP contribution >= 0.6 is 0 Å². The van der Waals surface area contributed by atoms with E-state index in [0.717, 1.165) is 25.4 Å². The first kappa shape index (κ1) is 10.5. The molecule has 0 bridgehead atoms. The van der Waals surface area contributed by atoms with E-state index in [1.807, 2.05) is 25.1 Å². The van der Waals surface area contributed by atoms with Crippen molar-refractivity contribution in [1.82, 2.24) is 4.90 Å². The third kappa shape index (κ3) is 2.49. The van der Waals surface area contributed by atoms with Crippen LogP contribution in [0.1, 0.15) is 12.5 Å². The predicted molar refractivity (Wildman–Crippen MR) is 58.9 cm³/mol. The zero-order chi connectivity index (χ0) is 10.9. The Labute approximate surface area is 90.3 Å². The van der Waals surface area contributed by atoms with Gasteiger partial charge in [-0.3, -0.25) is 4.90 Å². The smallest absolute Gasteiger partial charge is 0.119 e. The lowest BCUT2D eigenvalue weighted by Gasteiger charge is -2.44. The Bertz CT molecular complexity index is 341. The first-order chi connectivity index (χ1) is 7.09. The molecule has 1 heterocycles. The van der Waals surface area contributed by atoms with Crippen molar-refractivity contribution in [3.8, 4) is 5.75 Å². The average molecular weight is 207 g/mol. The van der Waals surface area contributed by atoms with Gasteiger partial charge in [0.2, 0.25) is 0 Å². The normalized spacial score (nSPS) is 19.7. The van der Waals surface area contributed by atoms with Crippen LogP contribution in [0.15, 0.2) is 24.3 Å². The lowest BCUT2D eigenvalue weighted by atomic mass is 9.96. The average Bonchev–Trinajstić information content (AvgIpc) is 2.15. The maximum atomic E-state index is 9.60. The molecule has 0 atom stereocenters. The van der Waals surface area contributed by atoms with Crippen LogP contribution in [-0.4, -0.2) is 35.8 Å². The summed E-state index contributed by atoms with van der Waals surface area (Å²) in [5, 5.41) is 9.60. The number of nitrogens with zero attached hydrogens (tertiary/aromatic N) is 1. The van der Waals surface area contributed by atoms with E-state index in [0.29, 0.717) is 0 Å².